The van der Waals surface area contributed by atoms with Crippen molar-refractivity contribution in [3.63, 3.8) is 0 Å². The Labute approximate surface area is 134 Å². The Balaban J connectivity index is 1.71. The number of esters is 1. The summed E-state index contributed by atoms with van der Waals surface area (Å²) in [7, 11) is 0. The molecule has 2 aromatic carbocycles. The average molecular weight is 317 g/mol. The van der Waals surface area contributed by atoms with Crippen molar-refractivity contribution in [3.05, 3.63) is 70.7 Å². The van der Waals surface area contributed by atoms with Crippen molar-refractivity contribution >= 4 is 23.4 Å². The summed E-state index contributed by atoms with van der Waals surface area (Å²) in [5.41, 5.74) is 1.92. The Morgan fingerprint density at radius 1 is 0.955 bits per heavy atom. The Bertz CT molecular complexity index is 638. The van der Waals surface area contributed by atoms with Gasteiger partial charge in [-0.15, -0.1) is 0 Å². The highest BCUT2D eigenvalue weighted by atomic mass is 35.5. The minimum absolute atomic E-state index is 0.125. The van der Waals surface area contributed by atoms with Gasteiger partial charge >= 0.3 is 5.97 Å². The molecule has 2 aromatic rings. The van der Waals surface area contributed by atoms with Crippen LogP contribution in [0, 0.1) is 0 Å². The number of hydrogen-bond acceptors (Lipinski definition) is 3. The van der Waals surface area contributed by atoms with Crippen LogP contribution in [0.15, 0.2) is 54.6 Å². The molecule has 0 saturated carbocycles. The van der Waals surface area contributed by atoms with Crippen LogP contribution in [0.3, 0.4) is 0 Å². The van der Waals surface area contributed by atoms with Crippen molar-refractivity contribution in [2.24, 2.45) is 0 Å². The van der Waals surface area contributed by atoms with Crippen molar-refractivity contribution in [1.82, 2.24) is 0 Å². The van der Waals surface area contributed by atoms with Gasteiger partial charge in [0.15, 0.2) is 0 Å². The zero-order valence-electron chi connectivity index (χ0n) is 12.1. The predicted octanol–water partition coefficient (Wildman–Crippen LogP) is 3.98. The number of benzene rings is 2. The summed E-state index contributed by atoms with van der Waals surface area (Å²) in [6.45, 7) is 0.125. The number of ether oxygens (including phenoxy) is 1. The van der Waals surface area contributed by atoms with Crippen molar-refractivity contribution in [1.29, 1.82) is 0 Å². The molecule has 114 valence electrons. The Morgan fingerprint density at radius 2 is 1.68 bits per heavy atom. The molecular weight excluding hydrogens is 300 g/mol. The highest BCUT2D eigenvalue weighted by molar-refractivity contribution is 6.33. The Kier molecular flexibility index (Phi) is 6.16. The van der Waals surface area contributed by atoms with Gasteiger partial charge < -0.3 is 4.74 Å². The Morgan fingerprint density at radius 3 is 2.41 bits per heavy atom. The van der Waals surface area contributed by atoms with Gasteiger partial charge in [0.05, 0.1) is 0 Å². The van der Waals surface area contributed by atoms with E-state index in [0.717, 1.165) is 11.1 Å². The van der Waals surface area contributed by atoms with E-state index in [2.05, 4.69) is 0 Å². The number of ketones is 1. The van der Waals surface area contributed by atoms with Gasteiger partial charge in [-0.25, -0.2) is 4.79 Å². The molecule has 0 radical (unpaired) electrons. The minimum Gasteiger partial charge on any atom is -0.455 e. The first kappa shape index (κ1) is 16.2. The molecule has 22 heavy (non-hydrogen) atoms. The lowest BCUT2D eigenvalue weighted by molar-refractivity contribution is -0.154. The van der Waals surface area contributed by atoms with Crippen LogP contribution in [0.4, 0.5) is 0 Å². The maximum atomic E-state index is 11.7. The van der Waals surface area contributed by atoms with Crippen LogP contribution >= 0.6 is 11.6 Å². The molecule has 0 heterocycles. The second kappa shape index (κ2) is 8.35. The lowest BCUT2D eigenvalue weighted by Crippen LogP contribution is -2.17. The van der Waals surface area contributed by atoms with Gasteiger partial charge in [-0.1, -0.05) is 54.1 Å². The second-order valence-corrected chi connectivity index (χ2v) is 5.40. The first-order chi connectivity index (χ1) is 10.6. The summed E-state index contributed by atoms with van der Waals surface area (Å²) in [5, 5.41) is 0.672. The van der Waals surface area contributed by atoms with Crippen LogP contribution in [0.2, 0.25) is 5.02 Å². The fourth-order valence-corrected chi connectivity index (χ4v) is 2.26. The number of rotatable bonds is 7. The minimum atomic E-state index is -0.769. The molecule has 4 heteroatoms. The monoisotopic (exact) mass is 316 g/mol. The van der Waals surface area contributed by atoms with E-state index in [1.807, 2.05) is 48.5 Å². The maximum Gasteiger partial charge on any atom is 0.374 e. The van der Waals surface area contributed by atoms with E-state index in [-0.39, 0.29) is 13.0 Å². The zero-order chi connectivity index (χ0) is 15.8. The number of hydrogen-bond donors (Lipinski definition) is 0. The van der Waals surface area contributed by atoms with E-state index in [1.165, 1.54) is 0 Å². The van der Waals surface area contributed by atoms with Gasteiger partial charge in [-0.05, 0) is 36.1 Å². The molecule has 0 saturated heterocycles. The summed E-state index contributed by atoms with van der Waals surface area (Å²) in [5.74, 6) is -1.26. The third kappa shape index (κ3) is 5.34. The lowest BCUT2D eigenvalue weighted by atomic mass is 10.1. The summed E-state index contributed by atoms with van der Waals surface area (Å²) in [4.78, 5) is 23.3. The van der Waals surface area contributed by atoms with Crippen LogP contribution in [0.25, 0.3) is 0 Å². The number of aryl methyl sites for hydroxylation is 1. The lowest BCUT2D eigenvalue weighted by Gasteiger charge is -2.04. The molecule has 0 N–H and O–H groups in total. The third-order valence-electron chi connectivity index (χ3n) is 3.20. The van der Waals surface area contributed by atoms with Gasteiger partial charge in [-0.3, -0.25) is 4.79 Å². The number of halogens is 1. The molecule has 0 fully saturated rings. The maximum absolute atomic E-state index is 11.7. The van der Waals surface area contributed by atoms with E-state index >= 15 is 0 Å². The molecule has 2 rings (SSSR count). The molecule has 0 amide bonds. The van der Waals surface area contributed by atoms with Gasteiger partial charge in [0.1, 0.15) is 6.61 Å². The fraction of sp³-hybridized carbons (Fsp3) is 0.222. The first-order valence-electron chi connectivity index (χ1n) is 7.13. The van der Waals surface area contributed by atoms with E-state index in [1.54, 1.807) is 6.07 Å². The Hall–Kier alpha value is -2.13. The number of Topliss-reactive ketones (excluding diaryl/α,β-unsaturated/α-hetero) is 1. The van der Waals surface area contributed by atoms with Crippen molar-refractivity contribution in [2.75, 3.05) is 0 Å². The van der Waals surface area contributed by atoms with Crippen LogP contribution in [0.1, 0.15) is 24.0 Å². The van der Waals surface area contributed by atoms with Gasteiger partial charge in [0, 0.05) is 11.4 Å². The highest BCUT2D eigenvalue weighted by Gasteiger charge is 2.14. The van der Waals surface area contributed by atoms with Crippen molar-refractivity contribution < 1.29 is 14.3 Å². The molecule has 0 aromatic heterocycles. The zero-order valence-corrected chi connectivity index (χ0v) is 12.9. The quantitative estimate of drug-likeness (QED) is 0.573. The van der Waals surface area contributed by atoms with E-state index in [4.69, 9.17) is 16.3 Å². The topological polar surface area (TPSA) is 43.4 Å². The van der Waals surface area contributed by atoms with Gasteiger partial charge in [0.25, 0.3) is 0 Å². The van der Waals surface area contributed by atoms with Crippen LogP contribution < -0.4 is 0 Å². The van der Waals surface area contributed by atoms with E-state index in [0.29, 0.717) is 17.9 Å². The third-order valence-corrected chi connectivity index (χ3v) is 3.43. The van der Waals surface area contributed by atoms with Crippen molar-refractivity contribution in [3.8, 4) is 0 Å². The van der Waals surface area contributed by atoms with Gasteiger partial charge in [-0.2, -0.15) is 0 Å². The van der Waals surface area contributed by atoms with Crippen molar-refractivity contribution in [2.45, 2.75) is 25.9 Å². The van der Waals surface area contributed by atoms with Crippen LogP contribution in [-0.4, -0.2) is 11.8 Å². The standard InChI is InChI=1S/C18H17ClO3/c19-16-10-4-8-14(12-16)9-5-11-17(20)18(21)22-13-15-6-2-1-3-7-15/h1-4,6-8,10,12H,5,9,11,13H2. The smallest absolute Gasteiger partial charge is 0.374 e. The molecule has 0 aliphatic carbocycles. The number of carbonyl (C=O) groups is 2. The summed E-state index contributed by atoms with van der Waals surface area (Å²) in [6.07, 6.45) is 1.48. The first-order valence-corrected chi connectivity index (χ1v) is 7.51. The molecule has 0 bridgehead atoms. The van der Waals surface area contributed by atoms with Gasteiger partial charge in [0.2, 0.25) is 5.78 Å². The molecule has 0 aliphatic heterocycles. The summed E-state index contributed by atoms with van der Waals surface area (Å²) in [6, 6.07) is 16.8. The summed E-state index contributed by atoms with van der Waals surface area (Å²) < 4.78 is 5.00. The number of carbonyl (C=O) groups excluding carboxylic acids is 2. The SMILES string of the molecule is O=C(CCCc1cccc(Cl)c1)C(=O)OCc1ccccc1. The van der Waals surface area contributed by atoms with E-state index in [9.17, 15) is 9.59 Å². The average Bonchev–Trinajstić information content (AvgIpc) is 2.53. The van der Waals surface area contributed by atoms with E-state index < -0.39 is 11.8 Å². The second-order valence-electron chi connectivity index (χ2n) is 4.97. The predicted molar refractivity (Wildman–Crippen MR) is 85.6 cm³/mol. The van der Waals surface area contributed by atoms with Crippen LogP contribution in [0.5, 0.6) is 0 Å². The molecular formula is C18H17ClO3. The fourth-order valence-electron chi connectivity index (χ4n) is 2.05. The molecule has 0 spiro atoms. The largest absolute Gasteiger partial charge is 0.455 e. The highest BCUT2D eigenvalue weighted by Crippen LogP contribution is 2.13. The molecule has 0 aliphatic rings. The summed E-state index contributed by atoms with van der Waals surface area (Å²) >= 11 is 5.90. The molecule has 0 atom stereocenters. The molecule has 0 unspecified atom stereocenters. The van der Waals surface area contributed by atoms with Crippen LogP contribution in [-0.2, 0) is 27.4 Å². The normalized spacial score (nSPS) is 10.2. The molecule has 3 nitrogen and oxygen atoms in total.